The van der Waals surface area contributed by atoms with Crippen LogP contribution in [-0.4, -0.2) is 13.1 Å². The summed E-state index contributed by atoms with van der Waals surface area (Å²) >= 11 is 0. The van der Waals surface area contributed by atoms with E-state index in [1.54, 1.807) is 0 Å². The number of anilines is 1. The van der Waals surface area contributed by atoms with E-state index >= 15 is 0 Å². The Morgan fingerprint density at radius 1 is 1.42 bits per heavy atom. The number of fused-ring (bicyclic) bond motifs is 1. The first-order valence-electron chi connectivity index (χ1n) is 4.66. The highest BCUT2D eigenvalue weighted by Gasteiger charge is 2.22. The van der Waals surface area contributed by atoms with E-state index in [-0.39, 0.29) is 0 Å². The predicted molar refractivity (Wildman–Crippen MR) is 52.7 cm³/mol. The topological polar surface area (TPSA) is 3.24 Å². The molecule has 2 rings (SSSR count). The van der Waals surface area contributed by atoms with Crippen molar-refractivity contribution in [3.8, 4) is 0 Å². The van der Waals surface area contributed by atoms with Crippen LogP contribution in [0.5, 0.6) is 0 Å². The average Bonchev–Trinajstić information content (AvgIpc) is 2.44. The number of para-hydroxylation sites is 1. The first-order valence-corrected chi connectivity index (χ1v) is 4.66. The summed E-state index contributed by atoms with van der Waals surface area (Å²) in [7, 11) is 0. The van der Waals surface area contributed by atoms with Gasteiger partial charge in [0.25, 0.3) is 0 Å². The number of likely N-dealkylation sites (N-methyl/N-ethyl adjacent to an activating group) is 1. The molecule has 0 aliphatic carbocycles. The Balaban J connectivity index is 2.43. The summed E-state index contributed by atoms with van der Waals surface area (Å²) in [5.74, 6) is 0.709. The van der Waals surface area contributed by atoms with Gasteiger partial charge in [0.15, 0.2) is 0 Å². The molecule has 0 bridgehead atoms. The Hall–Kier alpha value is -0.980. The summed E-state index contributed by atoms with van der Waals surface area (Å²) in [5, 5.41) is 0. The zero-order valence-electron chi connectivity index (χ0n) is 7.75. The normalized spacial score (nSPS) is 21.2. The number of rotatable bonds is 1. The van der Waals surface area contributed by atoms with E-state index in [0.717, 1.165) is 6.54 Å². The summed E-state index contributed by atoms with van der Waals surface area (Å²) < 4.78 is 0. The zero-order valence-corrected chi connectivity index (χ0v) is 7.75. The van der Waals surface area contributed by atoms with Gasteiger partial charge in [0.05, 0.1) is 0 Å². The van der Waals surface area contributed by atoms with E-state index in [1.165, 1.54) is 17.8 Å². The largest absolute Gasteiger partial charge is 0.371 e. The van der Waals surface area contributed by atoms with Crippen LogP contribution in [0.2, 0.25) is 0 Å². The quantitative estimate of drug-likeness (QED) is 0.612. The minimum atomic E-state index is 0.709. The van der Waals surface area contributed by atoms with Gasteiger partial charge < -0.3 is 4.90 Å². The molecule has 1 aliphatic rings. The molecule has 0 aromatic heterocycles. The maximum absolute atomic E-state index is 2.44. The first kappa shape index (κ1) is 7.66. The van der Waals surface area contributed by atoms with Gasteiger partial charge in [-0.05, 0) is 18.6 Å². The van der Waals surface area contributed by atoms with Crippen LogP contribution in [0.1, 0.15) is 25.3 Å². The first-order chi connectivity index (χ1) is 5.83. The van der Waals surface area contributed by atoms with Crippen LogP contribution >= 0.6 is 0 Å². The molecule has 0 N–H and O–H groups in total. The molecular formula is C11H15N. The Morgan fingerprint density at radius 2 is 2.17 bits per heavy atom. The fourth-order valence-corrected chi connectivity index (χ4v) is 2.02. The van der Waals surface area contributed by atoms with E-state index < -0.39 is 0 Å². The maximum Gasteiger partial charge on any atom is 0.0402 e. The molecule has 0 fully saturated rings. The van der Waals surface area contributed by atoms with Gasteiger partial charge in [-0.15, -0.1) is 0 Å². The lowest BCUT2D eigenvalue weighted by atomic mass is 10.0. The third-order valence-electron chi connectivity index (χ3n) is 2.68. The number of benzene rings is 1. The van der Waals surface area contributed by atoms with Gasteiger partial charge in [0.1, 0.15) is 0 Å². The molecule has 12 heavy (non-hydrogen) atoms. The predicted octanol–water partition coefficient (Wildman–Crippen LogP) is 2.63. The molecule has 0 saturated heterocycles. The van der Waals surface area contributed by atoms with Crippen molar-refractivity contribution in [3.63, 3.8) is 0 Å². The van der Waals surface area contributed by atoms with E-state index in [0.29, 0.717) is 5.92 Å². The number of hydrogen-bond acceptors (Lipinski definition) is 1. The number of hydrogen-bond donors (Lipinski definition) is 0. The second-order valence-electron chi connectivity index (χ2n) is 3.50. The van der Waals surface area contributed by atoms with Crippen molar-refractivity contribution in [1.29, 1.82) is 0 Å². The molecule has 0 radical (unpaired) electrons. The Labute approximate surface area is 74.0 Å². The van der Waals surface area contributed by atoms with E-state index in [2.05, 4.69) is 43.0 Å². The molecule has 0 amide bonds. The van der Waals surface area contributed by atoms with Crippen molar-refractivity contribution in [2.45, 2.75) is 19.8 Å². The van der Waals surface area contributed by atoms with Gasteiger partial charge in [-0.25, -0.2) is 0 Å². The minimum Gasteiger partial charge on any atom is -0.371 e. The van der Waals surface area contributed by atoms with Crippen molar-refractivity contribution in [2.24, 2.45) is 0 Å². The van der Waals surface area contributed by atoms with Gasteiger partial charge in [-0.2, -0.15) is 0 Å². The van der Waals surface area contributed by atoms with Crippen LogP contribution in [0.3, 0.4) is 0 Å². The standard InChI is InChI=1S/C11H15N/c1-3-12-8-9(2)10-6-4-5-7-11(10)12/h4-7,9H,3,8H2,1-2H3. The zero-order chi connectivity index (χ0) is 8.55. The average molecular weight is 161 g/mol. The highest BCUT2D eigenvalue weighted by atomic mass is 15.1. The molecule has 0 spiro atoms. The molecule has 1 atom stereocenters. The highest BCUT2D eigenvalue weighted by Crippen LogP contribution is 2.34. The fraction of sp³-hybridized carbons (Fsp3) is 0.455. The van der Waals surface area contributed by atoms with Crippen molar-refractivity contribution in [1.82, 2.24) is 0 Å². The molecule has 1 unspecified atom stereocenters. The van der Waals surface area contributed by atoms with Crippen molar-refractivity contribution in [2.75, 3.05) is 18.0 Å². The SMILES string of the molecule is CCN1CC(C)c2ccccc21. The van der Waals surface area contributed by atoms with Gasteiger partial charge in [-0.3, -0.25) is 0 Å². The molecule has 0 saturated carbocycles. The van der Waals surface area contributed by atoms with Gasteiger partial charge in [0.2, 0.25) is 0 Å². The monoisotopic (exact) mass is 161 g/mol. The Kier molecular flexibility index (Phi) is 1.80. The van der Waals surface area contributed by atoms with Crippen molar-refractivity contribution in [3.05, 3.63) is 29.8 Å². The van der Waals surface area contributed by atoms with E-state index in [9.17, 15) is 0 Å². The molecule has 64 valence electrons. The molecule has 1 heterocycles. The lowest BCUT2D eigenvalue weighted by molar-refractivity contribution is 0.762. The summed E-state index contributed by atoms with van der Waals surface area (Å²) in [5.41, 5.74) is 2.95. The molecule has 1 aromatic carbocycles. The van der Waals surface area contributed by atoms with Crippen molar-refractivity contribution < 1.29 is 0 Å². The van der Waals surface area contributed by atoms with E-state index in [4.69, 9.17) is 0 Å². The summed E-state index contributed by atoms with van der Waals surface area (Å²) in [4.78, 5) is 2.44. The van der Waals surface area contributed by atoms with Crippen LogP contribution in [-0.2, 0) is 0 Å². The molecule has 1 aliphatic heterocycles. The van der Waals surface area contributed by atoms with Crippen LogP contribution in [0, 0.1) is 0 Å². The minimum absolute atomic E-state index is 0.709. The third-order valence-corrected chi connectivity index (χ3v) is 2.68. The van der Waals surface area contributed by atoms with E-state index in [1.807, 2.05) is 0 Å². The van der Waals surface area contributed by atoms with Gasteiger partial charge in [0, 0.05) is 24.7 Å². The third kappa shape index (κ3) is 1.01. The molecular weight excluding hydrogens is 146 g/mol. The maximum atomic E-state index is 2.44. The van der Waals surface area contributed by atoms with Crippen LogP contribution in [0.15, 0.2) is 24.3 Å². The van der Waals surface area contributed by atoms with Gasteiger partial charge in [-0.1, -0.05) is 25.1 Å². The Bertz CT molecular complexity index is 280. The highest BCUT2D eigenvalue weighted by molar-refractivity contribution is 5.59. The lowest BCUT2D eigenvalue weighted by Crippen LogP contribution is -2.20. The molecule has 1 heteroatoms. The second kappa shape index (κ2) is 2.81. The summed E-state index contributed by atoms with van der Waals surface area (Å²) in [6.07, 6.45) is 0. The van der Waals surface area contributed by atoms with Crippen LogP contribution in [0.25, 0.3) is 0 Å². The van der Waals surface area contributed by atoms with Crippen LogP contribution < -0.4 is 4.90 Å². The smallest absolute Gasteiger partial charge is 0.0402 e. The Morgan fingerprint density at radius 3 is 2.92 bits per heavy atom. The summed E-state index contributed by atoms with van der Waals surface area (Å²) in [6, 6.07) is 8.73. The second-order valence-corrected chi connectivity index (χ2v) is 3.50. The fourth-order valence-electron chi connectivity index (χ4n) is 2.02. The lowest BCUT2D eigenvalue weighted by Gasteiger charge is -2.16. The number of nitrogens with zero attached hydrogens (tertiary/aromatic N) is 1. The summed E-state index contributed by atoms with van der Waals surface area (Å²) in [6.45, 7) is 6.83. The molecule has 1 nitrogen and oxygen atoms in total. The van der Waals surface area contributed by atoms with Crippen LogP contribution in [0.4, 0.5) is 5.69 Å². The van der Waals surface area contributed by atoms with Gasteiger partial charge >= 0.3 is 0 Å². The molecule has 1 aromatic rings. The van der Waals surface area contributed by atoms with Crippen molar-refractivity contribution >= 4 is 5.69 Å².